The number of rotatable bonds is 4. The molecule has 1 unspecified atom stereocenters. The summed E-state index contributed by atoms with van der Waals surface area (Å²) >= 11 is 0. The zero-order valence-electron chi connectivity index (χ0n) is 13.9. The number of carbonyl (C=O) groups excluding carboxylic acids is 2. The Morgan fingerprint density at radius 2 is 1.85 bits per heavy atom. The van der Waals surface area contributed by atoms with Gasteiger partial charge in [0, 0.05) is 13.1 Å². The van der Waals surface area contributed by atoms with E-state index in [2.05, 4.69) is 5.32 Å². The predicted molar refractivity (Wildman–Crippen MR) is 86.4 cm³/mol. The van der Waals surface area contributed by atoms with Gasteiger partial charge in [0.2, 0.25) is 11.8 Å². The smallest absolute Gasteiger partial charge is 0.240 e. The number of amides is 2. The normalized spacial score (nSPS) is 22.7. The van der Waals surface area contributed by atoms with Crippen molar-refractivity contribution in [1.82, 2.24) is 4.90 Å². The molecule has 0 radical (unpaired) electrons. The van der Waals surface area contributed by atoms with Gasteiger partial charge in [-0.15, -0.1) is 0 Å². The zero-order chi connectivity index (χ0) is 19.3. The second-order valence-corrected chi connectivity index (χ2v) is 8.96. The molecule has 0 aromatic heterocycles. The molecule has 142 valence electrons. The summed E-state index contributed by atoms with van der Waals surface area (Å²) in [5.41, 5.74) is -1.99. The molecule has 0 spiro atoms. The summed E-state index contributed by atoms with van der Waals surface area (Å²) in [6.45, 7) is 0. The monoisotopic (exact) mass is 390 g/mol. The molecule has 1 heterocycles. The van der Waals surface area contributed by atoms with Crippen LogP contribution in [0.15, 0.2) is 12.1 Å². The first-order valence-electron chi connectivity index (χ1n) is 8.00. The van der Waals surface area contributed by atoms with E-state index in [-0.39, 0.29) is 24.3 Å². The molecule has 26 heavy (non-hydrogen) atoms. The van der Waals surface area contributed by atoms with Gasteiger partial charge in [-0.3, -0.25) is 9.59 Å². The molecule has 10 heteroatoms. The van der Waals surface area contributed by atoms with Crippen molar-refractivity contribution in [2.24, 2.45) is 5.41 Å². The minimum Gasteiger partial charge on any atom is -0.341 e. The molecule has 1 N–H and O–H groups in total. The number of nitrogens with zero attached hydrogens (tertiary/aromatic N) is 1. The molecule has 0 bridgehead atoms. The lowest BCUT2D eigenvalue weighted by Gasteiger charge is -2.27. The van der Waals surface area contributed by atoms with Gasteiger partial charge < -0.3 is 10.2 Å². The first kappa shape index (κ1) is 18.7. The average Bonchev–Trinajstić information content (AvgIpc) is 3.32. The molecule has 2 fully saturated rings. The van der Waals surface area contributed by atoms with Crippen molar-refractivity contribution in [2.45, 2.75) is 25.3 Å². The maximum absolute atomic E-state index is 13.7. The molecule has 1 saturated carbocycles. The molecule has 1 saturated heterocycles. The van der Waals surface area contributed by atoms with Crippen molar-refractivity contribution in [3.05, 3.63) is 29.6 Å². The maximum atomic E-state index is 13.7. The second-order valence-electron chi connectivity index (χ2n) is 6.73. The van der Waals surface area contributed by atoms with Crippen molar-refractivity contribution < 1.29 is 31.2 Å². The molecule has 1 aromatic carbocycles. The zero-order valence-corrected chi connectivity index (χ0v) is 14.7. The average molecular weight is 390 g/mol. The predicted octanol–water partition coefficient (Wildman–Crippen LogP) is 1.47. The van der Waals surface area contributed by atoms with Crippen LogP contribution in [-0.2, 0) is 19.4 Å². The first-order valence-corrected chi connectivity index (χ1v) is 9.82. The largest absolute Gasteiger partial charge is 0.341 e. The molecule has 1 aliphatic heterocycles. The van der Waals surface area contributed by atoms with Crippen LogP contribution < -0.4 is 5.32 Å². The van der Waals surface area contributed by atoms with Gasteiger partial charge in [0.05, 0.1) is 17.2 Å². The fourth-order valence-corrected chi connectivity index (χ4v) is 4.89. The summed E-state index contributed by atoms with van der Waals surface area (Å²) in [6.07, 6.45) is 0.722. The van der Waals surface area contributed by atoms with Gasteiger partial charge in [-0.2, -0.15) is 0 Å². The topological polar surface area (TPSA) is 83.6 Å². The summed E-state index contributed by atoms with van der Waals surface area (Å²) < 4.78 is 63.2. The lowest BCUT2D eigenvalue weighted by atomic mass is 10.0. The number of nitrogens with one attached hydrogen (secondary N) is 1. The van der Waals surface area contributed by atoms with Gasteiger partial charge in [-0.25, -0.2) is 21.6 Å². The Hall–Kier alpha value is -2.10. The molecule has 6 nitrogen and oxygen atoms in total. The van der Waals surface area contributed by atoms with Gasteiger partial charge in [-0.1, -0.05) is 0 Å². The van der Waals surface area contributed by atoms with Crippen molar-refractivity contribution >= 4 is 27.3 Å². The van der Waals surface area contributed by atoms with Crippen molar-refractivity contribution in [3.63, 3.8) is 0 Å². The molecular weight excluding hydrogens is 373 g/mol. The number of hydrogen-bond acceptors (Lipinski definition) is 4. The standard InChI is InChI=1S/C16H17F3N2O4S/c1-21(9-4-7-26(24,25)8-9)15(23)16(5-6-16)14(22)20-11-3-2-10(17)12(18)13(11)19/h2-3,9H,4-8H2,1H3,(H,20,22). The van der Waals surface area contributed by atoms with Crippen LogP contribution in [0.3, 0.4) is 0 Å². The highest BCUT2D eigenvalue weighted by atomic mass is 32.2. The Bertz CT molecular complexity index is 884. The van der Waals surface area contributed by atoms with Crippen molar-refractivity contribution in [1.29, 1.82) is 0 Å². The number of halogens is 3. The van der Waals surface area contributed by atoms with E-state index in [1.54, 1.807) is 0 Å². The van der Waals surface area contributed by atoms with Crippen LogP contribution in [0.4, 0.5) is 18.9 Å². The molecule has 1 aliphatic carbocycles. The maximum Gasteiger partial charge on any atom is 0.240 e. The van der Waals surface area contributed by atoms with Crippen LogP contribution >= 0.6 is 0 Å². The second kappa shape index (κ2) is 6.26. The first-order chi connectivity index (χ1) is 12.1. The van der Waals surface area contributed by atoms with E-state index in [0.717, 1.165) is 6.07 Å². The fraction of sp³-hybridized carbons (Fsp3) is 0.500. The van der Waals surface area contributed by atoms with E-state index in [1.807, 2.05) is 0 Å². The molecule has 1 aromatic rings. The highest BCUT2D eigenvalue weighted by molar-refractivity contribution is 7.91. The SMILES string of the molecule is CN(C(=O)C1(C(=O)Nc2ccc(F)c(F)c2F)CC1)C1CCS(=O)(=O)C1. The molecule has 2 amide bonds. The third-order valence-electron chi connectivity index (χ3n) is 4.95. The fourth-order valence-electron chi connectivity index (χ4n) is 3.11. The van der Waals surface area contributed by atoms with Crippen LogP contribution in [-0.4, -0.2) is 49.7 Å². The van der Waals surface area contributed by atoms with E-state index in [4.69, 9.17) is 0 Å². The minimum absolute atomic E-state index is 0.0193. The third kappa shape index (κ3) is 3.17. The number of sulfone groups is 1. The van der Waals surface area contributed by atoms with E-state index < -0.39 is 56.2 Å². The molecule has 2 aliphatic rings. The summed E-state index contributed by atoms with van der Waals surface area (Å²) in [5.74, 6) is -6.21. The van der Waals surface area contributed by atoms with Gasteiger partial charge in [0.15, 0.2) is 27.3 Å². The molecule has 1 atom stereocenters. The lowest BCUT2D eigenvalue weighted by Crippen LogP contribution is -2.46. The lowest BCUT2D eigenvalue weighted by molar-refractivity contribution is -0.142. The van der Waals surface area contributed by atoms with Gasteiger partial charge in [-0.05, 0) is 31.4 Å². The minimum atomic E-state index is -3.20. The van der Waals surface area contributed by atoms with Crippen LogP contribution in [0.2, 0.25) is 0 Å². The van der Waals surface area contributed by atoms with Gasteiger partial charge in [0.25, 0.3) is 0 Å². The summed E-state index contributed by atoms with van der Waals surface area (Å²) in [7, 11) is -1.77. The Kier molecular flexibility index (Phi) is 4.50. The van der Waals surface area contributed by atoms with Crippen LogP contribution in [0.1, 0.15) is 19.3 Å². The Morgan fingerprint density at radius 3 is 2.38 bits per heavy atom. The third-order valence-corrected chi connectivity index (χ3v) is 6.70. The van der Waals surface area contributed by atoms with E-state index in [9.17, 15) is 31.2 Å². The van der Waals surface area contributed by atoms with Crippen LogP contribution in [0.25, 0.3) is 0 Å². The Labute approximate surface area is 148 Å². The van der Waals surface area contributed by atoms with Crippen LogP contribution in [0.5, 0.6) is 0 Å². The molecular formula is C16H17F3N2O4S. The van der Waals surface area contributed by atoms with Crippen molar-refractivity contribution in [3.8, 4) is 0 Å². The van der Waals surface area contributed by atoms with Gasteiger partial charge in [0.1, 0.15) is 5.41 Å². The number of anilines is 1. The molecule has 3 rings (SSSR count). The van der Waals surface area contributed by atoms with E-state index in [1.165, 1.54) is 11.9 Å². The number of hydrogen-bond donors (Lipinski definition) is 1. The highest BCUT2D eigenvalue weighted by Gasteiger charge is 2.58. The summed E-state index contributed by atoms with van der Waals surface area (Å²) in [6, 6.07) is 1.03. The Morgan fingerprint density at radius 1 is 1.19 bits per heavy atom. The van der Waals surface area contributed by atoms with Crippen LogP contribution in [0, 0.1) is 22.9 Å². The highest BCUT2D eigenvalue weighted by Crippen LogP contribution is 2.48. The Balaban J connectivity index is 1.75. The van der Waals surface area contributed by atoms with E-state index >= 15 is 0 Å². The number of carbonyl (C=O) groups is 2. The summed E-state index contributed by atoms with van der Waals surface area (Å²) in [5, 5.41) is 2.14. The van der Waals surface area contributed by atoms with Gasteiger partial charge >= 0.3 is 0 Å². The summed E-state index contributed by atoms with van der Waals surface area (Å²) in [4.78, 5) is 26.4. The van der Waals surface area contributed by atoms with Crippen molar-refractivity contribution in [2.75, 3.05) is 23.9 Å². The quantitative estimate of drug-likeness (QED) is 0.623. The van der Waals surface area contributed by atoms with E-state index in [0.29, 0.717) is 12.5 Å². The number of benzene rings is 1.